The number of carbonyl (C=O) groups is 4. The molecule has 2 aliphatic rings. The van der Waals surface area contributed by atoms with Gasteiger partial charge in [0.15, 0.2) is 0 Å². The fraction of sp³-hybridized carbons (Fsp3) is 0.178. The van der Waals surface area contributed by atoms with Crippen LogP contribution >= 0.6 is 33.0 Å². The van der Waals surface area contributed by atoms with Gasteiger partial charge >= 0.3 is 23.9 Å². The zero-order valence-corrected chi connectivity index (χ0v) is 59.3. The minimum atomic E-state index is -1.67. The number of benzene rings is 9. The van der Waals surface area contributed by atoms with E-state index in [1.807, 2.05) is 103 Å². The van der Waals surface area contributed by atoms with Crippen LogP contribution in [0, 0.1) is 30.3 Å². The molecule has 9 aromatic carbocycles. The number of nitrogens with one attached hydrogen (secondary N) is 2. The lowest BCUT2D eigenvalue weighted by atomic mass is 10.1. The molecule has 11 rings (SSSR count). The van der Waals surface area contributed by atoms with Gasteiger partial charge in [0.25, 0.3) is 17.1 Å². The highest BCUT2D eigenvalue weighted by Crippen LogP contribution is 2.35. The first-order valence-electron chi connectivity index (χ1n) is 31.5. The number of para-hydroxylation sites is 3. The maximum atomic E-state index is 11.6. The molecule has 0 saturated heterocycles. The van der Waals surface area contributed by atoms with E-state index in [0.29, 0.717) is 47.6 Å². The molecule has 9 aromatic rings. The molecule has 10 N–H and O–H groups in total. The van der Waals surface area contributed by atoms with Gasteiger partial charge in [0, 0.05) is 69.5 Å². The molecule has 0 fully saturated rings. The number of nitrogen functional groups attached to an aromatic ring is 1. The van der Waals surface area contributed by atoms with Crippen molar-refractivity contribution >= 4 is 123 Å². The number of carboxylic acids is 4. The molecule has 3 atom stereocenters. The summed E-state index contributed by atoms with van der Waals surface area (Å²) in [5.41, 5.74) is 16.7. The van der Waals surface area contributed by atoms with Gasteiger partial charge in [-0.1, -0.05) is 167 Å². The molecule has 0 bridgehead atoms. The van der Waals surface area contributed by atoms with Crippen molar-refractivity contribution in [3.63, 3.8) is 0 Å². The van der Waals surface area contributed by atoms with Crippen molar-refractivity contribution < 1.29 is 68.1 Å². The first kappa shape index (κ1) is 83.0. The Hall–Kier alpha value is -11.7. The molecular weight excluding hydrogens is 1430 g/mol. The van der Waals surface area contributed by atoms with Gasteiger partial charge in [0.2, 0.25) is 21.0 Å². The van der Waals surface area contributed by atoms with Gasteiger partial charge in [-0.15, -0.1) is 0 Å². The number of nitrogens with two attached hydrogens (primary N) is 2. The van der Waals surface area contributed by atoms with Crippen LogP contribution in [-0.2, 0) is 18.7 Å². The molecule has 2 heterocycles. The highest BCUT2D eigenvalue weighted by molar-refractivity contribution is 8.26. The molecule has 544 valence electrons. The van der Waals surface area contributed by atoms with Gasteiger partial charge < -0.3 is 56.9 Å². The minimum absolute atomic E-state index is 0.0365. The number of nitrogens with zero attached hydrogens (tertiary/aromatic N) is 6. The van der Waals surface area contributed by atoms with Crippen molar-refractivity contribution in [2.45, 2.75) is 52.2 Å². The second-order valence-electron chi connectivity index (χ2n) is 21.6. The number of rotatable bonds is 20. The Balaban J connectivity index is 0.000000248. The summed E-state index contributed by atoms with van der Waals surface area (Å²) >= 11 is 5.48. The highest BCUT2D eigenvalue weighted by Gasteiger charge is 2.28. The third-order valence-corrected chi connectivity index (χ3v) is 15.3. The molecule has 31 heteroatoms. The van der Waals surface area contributed by atoms with Crippen LogP contribution < -0.4 is 22.1 Å². The number of hydrogen-bond donors (Lipinski definition) is 8. The Labute approximate surface area is 613 Å². The predicted octanol–water partition coefficient (Wildman–Crippen LogP) is 16.5. The number of ether oxygens (including phenoxy) is 2. The zero-order chi connectivity index (χ0) is 76.4. The first-order chi connectivity index (χ1) is 49.7. The van der Waals surface area contributed by atoms with E-state index in [1.54, 1.807) is 30.3 Å². The average Bonchev–Trinajstić information content (AvgIpc) is 1.65. The molecule has 2 aliphatic heterocycles. The van der Waals surface area contributed by atoms with Crippen LogP contribution in [0.1, 0.15) is 121 Å². The minimum Gasteiger partial charge on any atom is -0.478 e. The number of non-ortho nitro benzene ring substituents is 3. The Bertz CT molecular complexity index is 4480. The second kappa shape index (κ2) is 42.6. The molecule has 0 aromatic heterocycles. The van der Waals surface area contributed by atoms with Crippen LogP contribution in [-0.4, -0.2) is 113 Å². The van der Waals surface area contributed by atoms with E-state index in [2.05, 4.69) is 76.7 Å². The maximum Gasteiger partial charge on any atom is 0.337 e. The first-order valence-corrected chi connectivity index (χ1v) is 34.7. The van der Waals surface area contributed by atoms with Gasteiger partial charge in [-0.3, -0.25) is 30.3 Å². The topological polar surface area (TPSA) is 418 Å². The van der Waals surface area contributed by atoms with E-state index < -0.39 is 47.9 Å². The van der Waals surface area contributed by atoms with Crippen LogP contribution in [0.2, 0.25) is 5.02 Å². The number of nitro groups is 3. The van der Waals surface area contributed by atoms with Crippen molar-refractivity contribution in [3.8, 4) is 0 Å². The predicted molar refractivity (Wildman–Crippen MR) is 403 cm³/mol. The summed E-state index contributed by atoms with van der Waals surface area (Å²) in [7, 11) is 7.36. The van der Waals surface area contributed by atoms with Crippen molar-refractivity contribution in [2.75, 3.05) is 49.2 Å². The lowest BCUT2D eigenvalue weighted by molar-refractivity contribution is -0.385. The Morgan fingerprint density at radius 3 is 1.30 bits per heavy atom. The summed E-state index contributed by atoms with van der Waals surface area (Å²) < 4.78 is 21.0. The fourth-order valence-corrected chi connectivity index (χ4v) is 9.80. The lowest BCUT2D eigenvalue weighted by Gasteiger charge is -2.15. The number of halogens is 3. The van der Waals surface area contributed by atoms with Crippen LogP contribution in [0.15, 0.2) is 228 Å². The molecule has 0 amide bonds. The standard InChI is InChI=1S/C30H24N4O4.C14H10N2O6.C9H13N.C7H4ClNO4.C7H7NO2.C6H15N.Cl2OS/c35-34(36)22-15-16-24(30-33-28(19-38-30)21-11-5-2-6-12-21)26(17-22)31-25-14-8-7-13-23(25)29-32-27(18-37-29)20-9-3-1-4-10-20;17-13(18)9-3-1-2-4-11(9)15-12-7-8(16(21)22)5-6-10(12)14(19)20;1-2-9(10)8-6-4-3-5-7-8;8-6-3-4(9(12)13)1-2-5(6)7(10)11;8-6-4-2-1-3-5(6)7(9)10;1-4-7(5-2)6-3;1-4(2)3/h1-17,27-28,31H,18-19H2;1-7,15H,(H,17,18)(H,19,20);3-7,9H,2,10H2,1H3;1-3H,(H,10,11);1-4H,8H2,(H,9,10);4-6H2,1-3H3;/t27-,28-;;9-;;;;/m0.0..../s1. The molecule has 0 aliphatic carbocycles. The molecular formula is C73H73Cl3N10O17S. The number of anilines is 5. The van der Waals surface area contributed by atoms with Gasteiger partial charge in [0.1, 0.15) is 25.3 Å². The van der Waals surface area contributed by atoms with E-state index >= 15 is 0 Å². The molecule has 27 nitrogen and oxygen atoms in total. The largest absolute Gasteiger partial charge is 0.478 e. The Morgan fingerprint density at radius 1 is 0.510 bits per heavy atom. The van der Waals surface area contributed by atoms with Crippen molar-refractivity contribution in [1.82, 2.24) is 4.90 Å². The summed E-state index contributed by atoms with van der Waals surface area (Å²) in [5, 5.41) is 73.8. The maximum absolute atomic E-state index is 11.6. The average molecular weight is 1500 g/mol. The van der Waals surface area contributed by atoms with E-state index in [4.69, 9.17) is 67.2 Å². The van der Waals surface area contributed by atoms with Crippen molar-refractivity contribution in [1.29, 1.82) is 0 Å². The van der Waals surface area contributed by atoms with Gasteiger partial charge in [-0.05, 0) is 97.3 Å². The molecule has 104 heavy (non-hydrogen) atoms. The fourth-order valence-electron chi connectivity index (χ4n) is 9.54. The van der Waals surface area contributed by atoms with Crippen molar-refractivity contribution in [2.24, 2.45) is 15.7 Å². The van der Waals surface area contributed by atoms with Crippen LogP contribution in [0.25, 0.3) is 0 Å². The zero-order valence-electron chi connectivity index (χ0n) is 56.2. The second-order valence-corrected chi connectivity index (χ2v) is 24.5. The lowest BCUT2D eigenvalue weighted by Crippen LogP contribution is -2.21. The molecule has 0 radical (unpaired) electrons. The smallest absolute Gasteiger partial charge is 0.337 e. The summed E-state index contributed by atoms with van der Waals surface area (Å²) in [6.45, 7) is 13.1. The van der Waals surface area contributed by atoms with Gasteiger partial charge in [-0.2, -0.15) is 0 Å². The Morgan fingerprint density at radius 2 is 0.875 bits per heavy atom. The number of aliphatic imine (C=N–C) groups is 2. The van der Waals surface area contributed by atoms with Crippen LogP contribution in [0.3, 0.4) is 0 Å². The van der Waals surface area contributed by atoms with E-state index in [-0.39, 0.29) is 73.8 Å². The quantitative estimate of drug-likeness (QED) is 0.0152. The molecule has 0 saturated carbocycles. The summed E-state index contributed by atoms with van der Waals surface area (Å²) in [6.07, 6.45) is 1.00. The highest BCUT2D eigenvalue weighted by atomic mass is 36.0. The summed E-state index contributed by atoms with van der Waals surface area (Å²) in [6, 6.07) is 60.9. The van der Waals surface area contributed by atoms with Crippen molar-refractivity contribution in [3.05, 3.63) is 304 Å². The third-order valence-electron chi connectivity index (χ3n) is 15.0. The van der Waals surface area contributed by atoms with E-state index in [1.165, 1.54) is 61.6 Å². The number of carboxylic acid groups (broad SMARTS) is 4. The summed E-state index contributed by atoms with van der Waals surface area (Å²) in [5.74, 6) is -3.73. The number of hydrogen-bond acceptors (Lipinski definition) is 20. The summed E-state index contributed by atoms with van der Waals surface area (Å²) in [4.78, 5) is 86.0. The van der Waals surface area contributed by atoms with Gasteiger partial charge in [-0.25, -0.2) is 33.4 Å². The van der Waals surface area contributed by atoms with Crippen LogP contribution in [0.5, 0.6) is 0 Å². The SMILES string of the molecule is CCN(CC)CC.CC[C@H](N)c1ccccc1.Nc1ccccc1C(=O)O.O=C(O)c1ccc([N+](=O)[O-])cc1Cl.O=C(O)c1ccccc1Nc1cc([N+](=O)[O-])ccc1C(=O)O.O=S(Cl)Cl.O=[N+]([O-])c1ccc(C2=N[C@H](c3ccccc3)CO2)c(Nc2ccccc2C2=N[C@H](c3ccccc3)CO2)c1. The molecule has 0 spiro atoms. The monoisotopic (exact) mass is 1500 g/mol. The molecule has 0 unspecified atom stereocenters. The van der Waals surface area contributed by atoms with E-state index in [0.717, 1.165) is 59.5 Å². The number of nitro benzene ring substituents is 3. The number of aromatic carboxylic acids is 4. The third kappa shape index (κ3) is 26.1. The van der Waals surface area contributed by atoms with Gasteiger partial charge in [0.05, 0.1) is 75.9 Å². The Kier molecular flexibility index (Phi) is 34.0. The normalized spacial score (nSPS) is 13.1. The van der Waals surface area contributed by atoms with Crippen LogP contribution in [0.4, 0.5) is 45.5 Å². The van der Waals surface area contributed by atoms with E-state index in [9.17, 15) is 49.5 Å².